The summed E-state index contributed by atoms with van der Waals surface area (Å²) in [5.74, 6) is 0.602. The van der Waals surface area contributed by atoms with Gasteiger partial charge < -0.3 is 5.73 Å². The maximum absolute atomic E-state index is 8.32. The van der Waals surface area contributed by atoms with Crippen LogP contribution in [0.2, 0.25) is 0 Å². The molecule has 0 amide bonds. The predicted molar refractivity (Wildman–Crippen MR) is 35.5 cm³/mol. The standard InChI is InChI=1S/C7H12N2/c8-4-3-6-1-2-7(9)5-6/h6-7H,1-3,5,9H2/t6-,7-/m0/s1. The first-order valence-corrected chi connectivity index (χ1v) is 3.45. The molecule has 2 atom stereocenters. The SMILES string of the molecule is N#CC[C@@H]1CC[C@H](N)C1. The summed E-state index contributed by atoms with van der Waals surface area (Å²) < 4.78 is 0. The van der Waals surface area contributed by atoms with E-state index in [1.165, 1.54) is 0 Å². The van der Waals surface area contributed by atoms with E-state index >= 15 is 0 Å². The lowest BCUT2D eigenvalue weighted by Gasteiger charge is -2.00. The Morgan fingerprint density at radius 1 is 1.56 bits per heavy atom. The third-order valence-corrected chi connectivity index (χ3v) is 1.96. The normalized spacial score (nSPS) is 34.2. The molecular formula is C7H12N2. The lowest BCUT2D eigenvalue weighted by Crippen LogP contribution is -2.14. The van der Waals surface area contributed by atoms with Crippen LogP contribution in [-0.4, -0.2) is 6.04 Å². The van der Waals surface area contributed by atoms with Crippen molar-refractivity contribution in [1.29, 1.82) is 5.26 Å². The van der Waals surface area contributed by atoms with Gasteiger partial charge in [-0.15, -0.1) is 0 Å². The second-order valence-corrected chi connectivity index (χ2v) is 2.80. The zero-order valence-corrected chi connectivity index (χ0v) is 5.51. The van der Waals surface area contributed by atoms with Crippen molar-refractivity contribution in [2.24, 2.45) is 11.7 Å². The molecule has 0 aromatic carbocycles. The van der Waals surface area contributed by atoms with Gasteiger partial charge in [0, 0.05) is 12.5 Å². The lowest BCUT2D eigenvalue weighted by atomic mass is 10.1. The Balaban J connectivity index is 2.24. The van der Waals surface area contributed by atoms with Crippen molar-refractivity contribution in [2.75, 3.05) is 0 Å². The van der Waals surface area contributed by atoms with Gasteiger partial charge in [0.05, 0.1) is 6.07 Å². The first-order chi connectivity index (χ1) is 4.33. The molecule has 1 fully saturated rings. The van der Waals surface area contributed by atoms with Crippen LogP contribution in [0.5, 0.6) is 0 Å². The highest BCUT2D eigenvalue weighted by atomic mass is 14.6. The van der Waals surface area contributed by atoms with Crippen molar-refractivity contribution in [1.82, 2.24) is 0 Å². The summed E-state index contributed by atoms with van der Waals surface area (Å²) in [5.41, 5.74) is 5.65. The molecule has 0 bridgehead atoms. The van der Waals surface area contributed by atoms with E-state index in [4.69, 9.17) is 11.0 Å². The van der Waals surface area contributed by atoms with E-state index in [1.807, 2.05) is 0 Å². The number of rotatable bonds is 1. The molecule has 0 saturated heterocycles. The van der Waals surface area contributed by atoms with Crippen LogP contribution in [0.25, 0.3) is 0 Å². The average Bonchev–Trinajstić information content (AvgIpc) is 2.17. The molecule has 0 radical (unpaired) electrons. The summed E-state index contributed by atoms with van der Waals surface area (Å²) in [7, 11) is 0. The Morgan fingerprint density at radius 3 is 2.78 bits per heavy atom. The first-order valence-electron chi connectivity index (χ1n) is 3.45. The summed E-state index contributed by atoms with van der Waals surface area (Å²) in [4.78, 5) is 0. The van der Waals surface area contributed by atoms with Gasteiger partial charge in [-0.3, -0.25) is 0 Å². The third-order valence-electron chi connectivity index (χ3n) is 1.96. The van der Waals surface area contributed by atoms with E-state index in [2.05, 4.69) is 6.07 Å². The van der Waals surface area contributed by atoms with Crippen molar-refractivity contribution in [2.45, 2.75) is 31.7 Å². The van der Waals surface area contributed by atoms with Crippen molar-refractivity contribution < 1.29 is 0 Å². The van der Waals surface area contributed by atoms with Crippen LogP contribution in [0.3, 0.4) is 0 Å². The molecule has 1 aliphatic rings. The monoisotopic (exact) mass is 124 g/mol. The molecule has 0 heterocycles. The minimum absolute atomic E-state index is 0.378. The number of hydrogen-bond donors (Lipinski definition) is 1. The highest BCUT2D eigenvalue weighted by molar-refractivity contribution is 4.84. The van der Waals surface area contributed by atoms with E-state index in [0.29, 0.717) is 18.4 Å². The molecular weight excluding hydrogens is 112 g/mol. The molecule has 2 nitrogen and oxygen atoms in total. The molecule has 0 aliphatic heterocycles. The maximum Gasteiger partial charge on any atom is 0.0624 e. The summed E-state index contributed by atoms with van der Waals surface area (Å²) in [6, 6.07) is 2.55. The molecule has 2 heteroatoms. The zero-order chi connectivity index (χ0) is 6.69. The molecule has 0 unspecified atom stereocenters. The first kappa shape index (κ1) is 6.57. The Kier molecular flexibility index (Phi) is 2.07. The smallest absolute Gasteiger partial charge is 0.0624 e. The van der Waals surface area contributed by atoms with Gasteiger partial charge in [0.25, 0.3) is 0 Å². The van der Waals surface area contributed by atoms with Crippen LogP contribution in [0, 0.1) is 17.2 Å². The highest BCUT2D eigenvalue weighted by Gasteiger charge is 2.20. The topological polar surface area (TPSA) is 49.8 Å². The van der Waals surface area contributed by atoms with Crippen LogP contribution < -0.4 is 5.73 Å². The molecule has 1 rings (SSSR count). The maximum atomic E-state index is 8.32. The van der Waals surface area contributed by atoms with Crippen LogP contribution in [0.4, 0.5) is 0 Å². The van der Waals surface area contributed by atoms with Crippen LogP contribution in [-0.2, 0) is 0 Å². The molecule has 0 spiro atoms. The average molecular weight is 124 g/mol. The molecule has 1 saturated carbocycles. The van der Waals surface area contributed by atoms with E-state index in [-0.39, 0.29) is 0 Å². The Hall–Kier alpha value is -0.550. The number of nitrogens with zero attached hydrogens (tertiary/aromatic N) is 1. The summed E-state index contributed by atoms with van der Waals surface area (Å²) >= 11 is 0. The summed E-state index contributed by atoms with van der Waals surface area (Å²) in [5, 5.41) is 8.32. The lowest BCUT2D eigenvalue weighted by molar-refractivity contribution is 0.551. The van der Waals surface area contributed by atoms with E-state index in [1.54, 1.807) is 0 Å². The fourth-order valence-electron chi connectivity index (χ4n) is 1.43. The van der Waals surface area contributed by atoms with Gasteiger partial charge in [-0.2, -0.15) is 5.26 Å². The Bertz CT molecular complexity index is 125. The van der Waals surface area contributed by atoms with Crippen molar-refractivity contribution >= 4 is 0 Å². The largest absolute Gasteiger partial charge is 0.328 e. The fraction of sp³-hybridized carbons (Fsp3) is 0.857. The van der Waals surface area contributed by atoms with Gasteiger partial charge >= 0.3 is 0 Å². The zero-order valence-electron chi connectivity index (χ0n) is 5.51. The van der Waals surface area contributed by atoms with Crippen LogP contribution in [0.1, 0.15) is 25.7 Å². The third kappa shape index (κ3) is 1.69. The van der Waals surface area contributed by atoms with Gasteiger partial charge in [0.2, 0.25) is 0 Å². The van der Waals surface area contributed by atoms with Crippen molar-refractivity contribution in [3.8, 4) is 6.07 Å². The van der Waals surface area contributed by atoms with Gasteiger partial charge in [-0.25, -0.2) is 0 Å². The van der Waals surface area contributed by atoms with E-state index in [9.17, 15) is 0 Å². The second kappa shape index (κ2) is 2.84. The van der Waals surface area contributed by atoms with Gasteiger partial charge in [0.1, 0.15) is 0 Å². The van der Waals surface area contributed by atoms with Crippen molar-refractivity contribution in [3.63, 3.8) is 0 Å². The molecule has 2 N–H and O–H groups in total. The van der Waals surface area contributed by atoms with Gasteiger partial charge in [-0.05, 0) is 25.2 Å². The number of hydrogen-bond acceptors (Lipinski definition) is 2. The fourth-order valence-corrected chi connectivity index (χ4v) is 1.43. The Morgan fingerprint density at radius 2 is 2.33 bits per heavy atom. The van der Waals surface area contributed by atoms with Crippen molar-refractivity contribution in [3.05, 3.63) is 0 Å². The molecule has 50 valence electrons. The minimum Gasteiger partial charge on any atom is -0.328 e. The molecule has 9 heavy (non-hydrogen) atoms. The summed E-state index contributed by atoms with van der Waals surface area (Å²) in [6.45, 7) is 0. The highest BCUT2D eigenvalue weighted by Crippen LogP contribution is 2.26. The van der Waals surface area contributed by atoms with Gasteiger partial charge in [0.15, 0.2) is 0 Å². The number of nitrogens with two attached hydrogens (primary N) is 1. The second-order valence-electron chi connectivity index (χ2n) is 2.80. The van der Waals surface area contributed by atoms with E-state index in [0.717, 1.165) is 19.3 Å². The molecule has 0 aromatic heterocycles. The summed E-state index contributed by atoms with van der Waals surface area (Å²) in [6.07, 6.45) is 4.04. The quantitative estimate of drug-likeness (QED) is 0.567. The van der Waals surface area contributed by atoms with E-state index < -0.39 is 0 Å². The molecule has 1 aliphatic carbocycles. The van der Waals surface area contributed by atoms with Crippen LogP contribution >= 0.6 is 0 Å². The minimum atomic E-state index is 0.378. The predicted octanol–water partition coefficient (Wildman–Crippen LogP) is 1.03. The van der Waals surface area contributed by atoms with Gasteiger partial charge in [-0.1, -0.05) is 0 Å². The van der Waals surface area contributed by atoms with Crippen LogP contribution in [0.15, 0.2) is 0 Å². The molecule has 0 aromatic rings. The number of nitriles is 1. The Labute approximate surface area is 55.7 Å².